The van der Waals surface area contributed by atoms with Gasteiger partial charge in [-0.3, -0.25) is 9.48 Å². The summed E-state index contributed by atoms with van der Waals surface area (Å²) in [6.45, 7) is 2.30. The van der Waals surface area contributed by atoms with E-state index in [0.29, 0.717) is 28.7 Å². The molecule has 0 aliphatic rings. The molecule has 7 heteroatoms. The second-order valence-electron chi connectivity index (χ2n) is 4.57. The second kappa shape index (κ2) is 6.69. The first-order chi connectivity index (χ1) is 9.95. The molecule has 0 spiro atoms. The Balaban J connectivity index is 1.88. The van der Waals surface area contributed by atoms with Crippen LogP contribution in [0.25, 0.3) is 0 Å². The fourth-order valence-corrected chi connectivity index (χ4v) is 2.05. The number of thiocarbonyl (C=S) groups is 1. The van der Waals surface area contributed by atoms with Crippen LogP contribution in [0.15, 0.2) is 30.5 Å². The Bertz CT molecular complexity index is 647. The van der Waals surface area contributed by atoms with Gasteiger partial charge in [0.15, 0.2) is 0 Å². The van der Waals surface area contributed by atoms with Crippen LogP contribution < -0.4 is 11.1 Å². The Hall–Kier alpha value is -1.92. The standard InChI is InChI=1S/C14H15ClN4OS/c1-9-12(15)8-19(18-9)7-6-13(20)17-11-4-2-10(3-5-11)14(16)21/h2-5,8H,6-7H2,1H3,(H2,16,21)(H,17,20). The van der Waals surface area contributed by atoms with Crippen LogP contribution >= 0.6 is 23.8 Å². The van der Waals surface area contributed by atoms with Crippen molar-refractivity contribution in [1.29, 1.82) is 0 Å². The molecule has 0 radical (unpaired) electrons. The van der Waals surface area contributed by atoms with E-state index in [4.69, 9.17) is 29.6 Å². The van der Waals surface area contributed by atoms with Crippen LogP contribution in [0.1, 0.15) is 17.7 Å². The minimum absolute atomic E-state index is 0.0950. The maximum Gasteiger partial charge on any atom is 0.226 e. The number of aromatic nitrogens is 2. The van der Waals surface area contributed by atoms with E-state index in [1.165, 1.54) is 0 Å². The summed E-state index contributed by atoms with van der Waals surface area (Å²) in [5.41, 5.74) is 7.74. The average Bonchev–Trinajstić information content (AvgIpc) is 2.76. The summed E-state index contributed by atoms with van der Waals surface area (Å²) in [7, 11) is 0. The van der Waals surface area contributed by atoms with E-state index in [1.54, 1.807) is 35.1 Å². The van der Waals surface area contributed by atoms with Crippen LogP contribution in [0.4, 0.5) is 5.69 Å². The molecule has 2 aromatic rings. The SMILES string of the molecule is Cc1nn(CCC(=O)Nc2ccc(C(N)=S)cc2)cc1Cl. The van der Waals surface area contributed by atoms with Crippen molar-refractivity contribution >= 4 is 40.4 Å². The number of nitrogens with two attached hydrogens (primary N) is 1. The van der Waals surface area contributed by atoms with Gasteiger partial charge in [0.25, 0.3) is 0 Å². The molecule has 1 amide bonds. The van der Waals surface area contributed by atoms with Gasteiger partial charge in [-0.25, -0.2) is 0 Å². The Labute approximate surface area is 133 Å². The van der Waals surface area contributed by atoms with E-state index >= 15 is 0 Å². The minimum atomic E-state index is -0.0950. The fourth-order valence-electron chi connectivity index (χ4n) is 1.77. The van der Waals surface area contributed by atoms with Crippen LogP contribution in [-0.4, -0.2) is 20.7 Å². The lowest BCUT2D eigenvalue weighted by Crippen LogP contribution is -2.15. The van der Waals surface area contributed by atoms with E-state index in [0.717, 1.165) is 11.3 Å². The Morgan fingerprint density at radius 2 is 2.10 bits per heavy atom. The van der Waals surface area contributed by atoms with Crippen molar-refractivity contribution in [3.8, 4) is 0 Å². The zero-order chi connectivity index (χ0) is 15.4. The normalized spacial score (nSPS) is 10.4. The Morgan fingerprint density at radius 3 is 2.62 bits per heavy atom. The summed E-state index contributed by atoms with van der Waals surface area (Å²) < 4.78 is 1.66. The zero-order valence-corrected chi connectivity index (χ0v) is 13.0. The third-order valence-electron chi connectivity index (χ3n) is 2.91. The summed E-state index contributed by atoms with van der Waals surface area (Å²) in [5.74, 6) is -0.0950. The van der Waals surface area contributed by atoms with E-state index in [2.05, 4.69) is 10.4 Å². The molecule has 1 aromatic heterocycles. The third kappa shape index (κ3) is 4.27. The van der Waals surface area contributed by atoms with Crippen molar-refractivity contribution in [3.63, 3.8) is 0 Å². The summed E-state index contributed by atoms with van der Waals surface area (Å²) in [6.07, 6.45) is 2.02. The van der Waals surface area contributed by atoms with Crippen LogP contribution in [0.3, 0.4) is 0 Å². The highest BCUT2D eigenvalue weighted by Gasteiger charge is 2.06. The largest absolute Gasteiger partial charge is 0.389 e. The van der Waals surface area contributed by atoms with Crippen molar-refractivity contribution < 1.29 is 4.79 Å². The number of nitrogens with zero attached hydrogens (tertiary/aromatic N) is 2. The number of hydrogen-bond acceptors (Lipinski definition) is 3. The molecule has 0 saturated carbocycles. The molecule has 110 valence electrons. The van der Waals surface area contributed by atoms with Gasteiger partial charge in [-0.15, -0.1) is 0 Å². The van der Waals surface area contributed by atoms with Gasteiger partial charge in [0.2, 0.25) is 5.91 Å². The van der Waals surface area contributed by atoms with Gasteiger partial charge in [0, 0.05) is 30.4 Å². The molecule has 0 atom stereocenters. The molecule has 0 aliphatic heterocycles. The minimum Gasteiger partial charge on any atom is -0.389 e. The number of hydrogen-bond donors (Lipinski definition) is 2. The van der Waals surface area contributed by atoms with Crippen LogP contribution in [0.5, 0.6) is 0 Å². The van der Waals surface area contributed by atoms with Gasteiger partial charge in [-0.1, -0.05) is 23.8 Å². The molecule has 0 fully saturated rings. The fraction of sp³-hybridized carbons (Fsp3) is 0.214. The molecule has 5 nitrogen and oxygen atoms in total. The molecule has 0 unspecified atom stereocenters. The summed E-state index contributed by atoms with van der Waals surface area (Å²) in [6, 6.07) is 7.08. The summed E-state index contributed by atoms with van der Waals surface area (Å²) in [5, 5.41) is 7.60. The van der Waals surface area contributed by atoms with Crippen molar-refractivity contribution in [1.82, 2.24) is 9.78 Å². The molecular formula is C14H15ClN4OS. The predicted octanol–water partition coefficient (Wildman–Crippen LogP) is 2.51. The van der Waals surface area contributed by atoms with Crippen LogP contribution in [0.2, 0.25) is 5.02 Å². The number of amides is 1. The van der Waals surface area contributed by atoms with Gasteiger partial charge >= 0.3 is 0 Å². The van der Waals surface area contributed by atoms with Crippen LogP contribution in [-0.2, 0) is 11.3 Å². The second-order valence-corrected chi connectivity index (χ2v) is 5.41. The van der Waals surface area contributed by atoms with Crippen LogP contribution in [0, 0.1) is 6.92 Å². The number of nitrogens with one attached hydrogen (secondary N) is 1. The monoisotopic (exact) mass is 322 g/mol. The van der Waals surface area contributed by atoms with E-state index in [9.17, 15) is 4.79 Å². The van der Waals surface area contributed by atoms with E-state index in [-0.39, 0.29) is 5.91 Å². The van der Waals surface area contributed by atoms with Gasteiger partial charge < -0.3 is 11.1 Å². The highest BCUT2D eigenvalue weighted by Crippen LogP contribution is 2.13. The molecule has 0 aliphatic carbocycles. The van der Waals surface area contributed by atoms with E-state index in [1.807, 2.05) is 6.92 Å². The first-order valence-electron chi connectivity index (χ1n) is 6.35. The molecule has 1 aromatic carbocycles. The molecule has 3 N–H and O–H groups in total. The zero-order valence-electron chi connectivity index (χ0n) is 11.5. The van der Waals surface area contributed by atoms with Crippen molar-refractivity contribution in [2.75, 3.05) is 5.32 Å². The third-order valence-corrected chi connectivity index (χ3v) is 3.51. The van der Waals surface area contributed by atoms with Gasteiger partial charge in [-0.05, 0) is 31.2 Å². The van der Waals surface area contributed by atoms with E-state index < -0.39 is 0 Å². The Kier molecular flexibility index (Phi) is 4.93. The number of halogens is 1. The summed E-state index contributed by atoms with van der Waals surface area (Å²) in [4.78, 5) is 12.2. The van der Waals surface area contributed by atoms with Crippen molar-refractivity contribution in [2.45, 2.75) is 19.9 Å². The number of rotatable bonds is 5. The summed E-state index contributed by atoms with van der Waals surface area (Å²) >= 11 is 10.8. The van der Waals surface area contributed by atoms with Crippen molar-refractivity contribution in [3.05, 3.63) is 46.7 Å². The number of aryl methyl sites for hydroxylation is 2. The lowest BCUT2D eigenvalue weighted by atomic mass is 10.2. The lowest BCUT2D eigenvalue weighted by Gasteiger charge is -2.06. The number of carbonyl (C=O) groups is 1. The van der Waals surface area contributed by atoms with Gasteiger partial charge in [0.05, 0.1) is 10.7 Å². The number of carbonyl (C=O) groups excluding carboxylic acids is 1. The van der Waals surface area contributed by atoms with Gasteiger partial charge in [-0.2, -0.15) is 5.10 Å². The molecular weight excluding hydrogens is 308 g/mol. The predicted molar refractivity (Wildman–Crippen MR) is 87.6 cm³/mol. The maximum absolute atomic E-state index is 11.9. The van der Waals surface area contributed by atoms with Crippen molar-refractivity contribution in [2.24, 2.45) is 5.73 Å². The maximum atomic E-state index is 11.9. The topological polar surface area (TPSA) is 72.9 Å². The molecule has 1 heterocycles. The molecule has 0 saturated heterocycles. The highest BCUT2D eigenvalue weighted by atomic mass is 35.5. The quantitative estimate of drug-likeness (QED) is 0.830. The number of anilines is 1. The number of benzene rings is 1. The molecule has 0 bridgehead atoms. The first kappa shape index (κ1) is 15.5. The first-order valence-corrected chi connectivity index (χ1v) is 7.13. The molecule has 2 rings (SSSR count). The molecule has 21 heavy (non-hydrogen) atoms. The highest BCUT2D eigenvalue weighted by molar-refractivity contribution is 7.80. The average molecular weight is 323 g/mol. The smallest absolute Gasteiger partial charge is 0.226 e. The lowest BCUT2D eigenvalue weighted by molar-refractivity contribution is -0.116. The van der Waals surface area contributed by atoms with Gasteiger partial charge in [0.1, 0.15) is 4.99 Å². The Morgan fingerprint density at radius 1 is 1.43 bits per heavy atom.